The zero-order valence-corrected chi connectivity index (χ0v) is 20.0. The summed E-state index contributed by atoms with van der Waals surface area (Å²) >= 11 is 0. The number of carbonyl (C=O) groups is 4. The van der Waals surface area contributed by atoms with E-state index >= 15 is 0 Å². The lowest BCUT2D eigenvalue weighted by atomic mass is 10.0. The molecule has 0 spiro atoms. The first-order chi connectivity index (χ1) is 17.3. The molecule has 186 valence electrons. The molecule has 4 heterocycles. The van der Waals surface area contributed by atoms with Gasteiger partial charge in [0.2, 0.25) is 5.91 Å². The summed E-state index contributed by atoms with van der Waals surface area (Å²) in [5.74, 6) is -0.433. The predicted molar refractivity (Wildman–Crippen MR) is 128 cm³/mol. The van der Waals surface area contributed by atoms with E-state index in [1.54, 1.807) is 17.0 Å². The molecular weight excluding hydrogens is 464 g/mol. The number of nitrogens with zero attached hydrogens (tertiary/aromatic N) is 4. The van der Waals surface area contributed by atoms with E-state index in [1.165, 1.54) is 16.8 Å². The summed E-state index contributed by atoms with van der Waals surface area (Å²) in [6.07, 6.45) is 2.30. The lowest BCUT2D eigenvalue weighted by molar-refractivity contribution is -0.130. The number of fused-ring (bicyclic) bond motifs is 2. The van der Waals surface area contributed by atoms with Crippen molar-refractivity contribution in [2.75, 3.05) is 13.2 Å². The Morgan fingerprint density at radius 1 is 1.17 bits per heavy atom. The molecule has 3 aromatic rings. The van der Waals surface area contributed by atoms with Crippen LogP contribution in [0.1, 0.15) is 52.4 Å². The number of benzene rings is 1. The third kappa shape index (κ3) is 4.51. The fourth-order valence-electron chi connectivity index (χ4n) is 4.49. The van der Waals surface area contributed by atoms with E-state index in [9.17, 15) is 19.2 Å². The molecule has 0 saturated carbocycles. The molecule has 5 rings (SSSR count). The fraction of sp³-hybridized carbons (Fsp3) is 0.360. The van der Waals surface area contributed by atoms with Crippen molar-refractivity contribution >= 4 is 29.2 Å². The van der Waals surface area contributed by atoms with Gasteiger partial charge >= 0.3 is 0 Å². The number of hydrogen-bond acceptors (Lipinski definition) is 7. The third-order valence-corrected chi connectivity index (χ3v) is 6.35. The Bertz CT molecular complexity index is 1380. The normalized spacial score (nSPS) is 17.3. The van der Waals surface area contributed by atoms with Crippen molar-refractivity contribution in [1.82, 2.24) is 30.1 Å². The minimum Gasteiger partial charge on any atom is -0.486 e. The standard InChI is InChI=1S/C25H26N6O5/c1-14(2)30-8-6-18(25(30)35)29-24(34)20-11-19(28-22-5-7-27-31(20)22)23(33)26-12-15-3-4-21-16(9-15)10-17(32)13-36-21/h3-5,7,9,11,14,18H,6,8,10,12-13H2,1-2H3,(H,26,33)(H,29,34)/t18-/m0/s1. The van der Waals surface area contributed by atoms with Crippen LogP contribution in [0.2, 0.25) is 0 Å². The van der Waals surface area contributed by atoms with E-state index in [2.05, 4.69) is 20.7 Å². The predicted octanol–water partition coefficient (Wildman–Crippen LogP) is 0.902. The number of carbonyl (C=O) groups excluding carboxylic acids is 4. The highest BCUT2D eigenvalue weighted by atomic mass is 16.5. The minimum atomic E-state index is -0.629. The molecule has 0 unspecified atom stereocenters. The Kier molecular flexibility index (Phi) is 6.13. The van der Waals surface area contributed by atoms with E-state index in [0.29, 0.717) is 30.8 Å². The van der Waals surface area contributed by atoms with Gasteiger partial charge in [-0.15, -0.1) is 0 Å². The Hall–Kier alpha value is -4.28. The molecule has 11 nitrogen and oxygen atoms in total. The molecule has 11 heteroatoms. The topological polar surface area (TPSA) is 135 Å². The van der Waals surface area contributed by atoms with Gasteiger partial charge in [-0.3, -0.25) is 19.2 Å². The van der Waals surface area contributed by atoms with Gasteiger partial charge in [0.15, 0.2) is 11.4 Å². The monoisotopic (exact) mass is 490 g/mol. The maximum Gasteiger partial charge on any atom is 0.270 e. The molecule has 2 aliphatic heterocycles. The molecule has 2 aliphatic rings. The van der Waals surface area contributed by atoms with Crippen molar-refractivity contribution in [2.45, 2.75) is 45.3 Å². The second kappa shape index (κ2) is 9.40. The van der Waals surface area contributed by atoms with Gasteiger partial charge in [0.1, 0.15) is 29.8 Å². The number of Topliss-reactive ketones (excluding diaryl/α,β-unsaturated/α-hetero) is 1. The number of amides is 3. The van der Waals surface area contributed by atoms with Gasteiger partial charge in [-0.05, 0) is 38.0 Å². The Morgan fingerprint density at radius 3 is 2.78 bits per heavy atom. The van der Waals surface area contributed by atoms with Gasteiger partial charge in [0.25, 0.3) is 11.8 Å². The number of ketones is 1. The summed E-state index contributed by atoms with van der Waals surface area (Å²) in [5.41, 5.74) is 2.08. The van der Waals surface area contributed by atoms with E-state index in [1.807, 2.05) is 26.0 Å². The van der Waals surface area contributed by atoms with E-state index < -0.39 is 17.9 Å². The third-order valence-electron chi connectivity index (χ3n) is 6.35. The van der Waals surface area contributed by atoms with Crippen molar-refractivity contribution < 1.29 is 23.9 Å². The lowest BCUT2D eigenvalue weighted by Gasteiger charge is -2.21. The highest BCUT2D eigenvalue weighted by Crippen LogP contribution is 2.24. The summed E-state index contributed by atoms with van der Waals surface area (Å²) in [4.78, 5) is 56.4. The second-order valence-electron chi connectivity index (χ2n) is 9.20. The van der Waals surface area contributed by atoms with Gasteiger partial charge in [-0.1, -0.05) is 6.07 Å². The SMILES string of the molecule is CC(C)N1CC[C@H](NC(=O)c2cc(C(=O)NCc3ccc4c(c3)CC(=O)CO4)nc3ccnn23)C1=O. The van der Waals surface area contributed by atoms with Crippen LogP contribution >= 0.6 is 0 Å². The Labute approximate surface area is 206 Å². The van der Waals surface area contributed by atoms with Gasteiger partial charge < -0.3 is 20.3 Å². The highest BCUT2D eigenvalue weighted by molar-refractivity contribution is 6.00. The van der Waals surface area contributed by atoms with Crippen molar-refractivity contribution in [3.05, 3.63) is 59.0 Å². The van der Waals surface area contributed by atoms with Crippen molar-refractivity contribution in [2.24, 2.45) is 0 Å². The van der Waals surface area contributed by atoms with Crippen LogP contribution in [0, 0.1) is 0 Å². The number of likely N-dealkylation sites (tertiary alicyclic amines) is 1. The summed E-state index contributed by atoms with van der Waals surface area (Å²) in [7, 11) is 0. The minimum absolute atomic E-state index is 0.00372. The molecule has 0 bridgehead atoms. The summed E-state index contributed by atoms with van der Waals surface area (Å²) in [6.45, 7) is 4.72. The van der Waals surface area contributed by atoms with Crippen LogP contribution in [0.25, 0.3) is 5.65 Å². The van der Waals surface area contributed by atoms with Crippen LogP contribution in [0.4, 0.5) is 0 Å². The van der Waals surface area contributed by atoms with Crippen LogP contribution in [-0.4, -0.2) is 68.2 Å². The maximum atomic E-state index is 13.1. The van der Waals surface area contributed by atoms with Gasteiger partial charge in [0, 0.05) is 43.2 Å². The van der Waals surface area contributed by atoms with Crippen LogP contribution in [0.15, 0.2) is 36.5 Å². The number of ether oxygens (including phenoxy) is 1. The first kappa shape index (κ1) is 23.5. The molecule has 36 heavy (non-hydrogen) atoms. The lowest BCUT2D eigenvalue weighted by Crippen LogP contribution is -2.43. The van der Waals surface area contributed by atoms with Gasteiger partial charge in [0.05, 0.1) is 6.20 Å². The average Bonchev–Trinajstić information content (AvgIpc) is 3.48. The largest absolute Gasteiger partial charge is 0.486 e. The summed E-state index contributed by atoms with van der Waals surface area (Å²) < 4.78 is 6.75. The van der Waals surface area contributed by atoms with E-state index in [4.69, 9.17) is 4.74 Å². The zero-order chi connectivity index (χ0) is 25.4. The number of hydrogen-bond donors (Lipinski definition) is 2. The average molecular weight is 491 g/mol. The molecule has 1 atom stereocenters. The fourth-order valence-corrected chi connectivity index (χ4v) is 4.49. The van der Waals surface area contributed by atoms with Crippen molar-refractivity contribution in [3.63, 3.8) is 0 Å². The Morgan fingerprint density at radius 2 is 2.00 bits per heavy atom. The molecule has 2 N–H and O–H groups in total. The van der Waals surface area contributed by atoms with Crippen LogP contribution in [0.5, 0.6) is 5.75 Å². The van der Waals surface area contributed by atoms with Gasteiger partial charge in [-0.25, -0.2) is 9.50 Å². The zero-order valence-electron chi connectivity index (χ0n) is 20.0. The molecule has 0 aliphatic carbocycles. The molecule has 1 fully saturated rings. The number of aromatic nitrogens is 3. The first-order valence-corrected chi connectivity index (χ1v) is 11.8. The molecule has 2 aromatic heterocycles. The van der Waals surface area contributed by atoms with Gasteiger partial charge in [-0.2, -0.15) is 5.10 Å². The second-order valence-corrected chi connectivity index (χ2v) is 9.20. The first-order valence-electron chi connectivity index (χ1n) is 11.8. The van der Waals surface area contributed by atoms with E-state index in [-0.39, 0.29) is 42.3 Å². The molecule has 1 saturated heterocycles. The quantitative estimate of drug-likeness (QED) is 0.524. The smallest absolute Gasteiger partial charge is 0.270 e. The van der Waals surface area contributed by atoms with Crippen molar-refractivity contribution in [3.8, 4) is 5.75 Å². The molecule has 0 radical (unpaired) electrons. The summed E-state index contributed by atoms with van der Waals surface area (Å²) in [6, 6.07) is 7.82. The van der Waals surface area contributed by atoms with Crippen molar-refractivity contribution in [1.29, 1.82) is 0 Å². The maximum absolute atomic E-state index is 13.1. The molecule has 1 aromatic carbocycles. The number of nitrogens with one attached hydrogen (secondary N) is 2. The highest BCUT2D eigenvalue weighted by Gasteiger charge is 2.34. The molecule has 3 amide bonds. The summed E-state index contributed by atoms with van der Waals surface area (Å²) in [5, 5.41) is 9.73. The van der Waals surface area contributed by atoms with Crippen LogP contribution in [0.3, 0.4) is 0 Å². The van der Waals surface area contributed by atoms with E-state index in [0.717, 1.165) is 11.1 Å². The van der Waals surface area contributed by atoms with Crippen LogP contribution < -0.4 is 15.4 Å². The molecular formula is C25H26N6O5. The van der Waals surface area contributed by atoms with Crippen LogP contribution in [-0.2, 0) is 22.6 Å². The Balaban J connectivity index is 1.32. The number of rotatable bonds is 6.